The van der Waals surface area contributed by atoms with Gasteiger partial charge in [-0.3, -0.25) is 9.48 Å². The maximum atomic E-state index is 11.9. The van der Waals surface area contributed by atoms with Crippen molar-refractivity contribution >= 4 is 11.6 Å². The van der Waals surface area contributed by atoms with Crippen molar-refractivity contribution in [2.24, 2.45) is 0 Å². The molecule has 0 aliphatic carbocycles. The smallest absolute Gasteiger partial charge is 0.220 e. The number of aryl methyl sites for hydroxylation is 1. The van der Waals surface area contributed by atoms with Crippen LogP contribution in [-0.2, 0) is 17.9 Å². The summed E-state index contributed by atoms with van der Waals surface area (Å²) in [5, 5.41) is 11.1. The number of nitrogens with one attached hydrogen (secondary N) is 2. The highest BCUT2D eigenvalue weighted by Gasteiger charge is 2.30. The molecule has 1 aliphatic heterocycles. The highest BCUT2D eigenvalue weighted by Crippen LogP contribution is 2.24. The van der Waals surface area contributed by atoms with Gasteiger partial charge in [0.15, 0.2) is 0 Å². The van der Waals surface area contributed by atoms with Crippen LogP contribution in [0.3, 0.4) is 0 Å². The Morgan fingerprint density at radius 3 is 3.16 bits per heavy atom. The van der Waals surface area contributed by atoms with E-state index in [1.807, 2.05) is 41.6 Å². The Hall–Kier alpha value is -2.67. The molecule has 2 N–H and O–H groups in total. The van der Waals surface area contributed by atoms with Crippen LogP contribution in [0, 0.1) is 0 Å². The van der Waals surface area contributed by atoms with Crippen molar-refractivity contribution in [3.8, 4) is 0 Å². The lowest BCUT2D eigenvalue weighted by Crippen LogP contribution is -2.48. The Morgan fingerprint density at radius 2 is 2.32 bits per heavy atom. The molecule has 0 radical (unpaired) electrons. The number of imidazole rings is 1. The molecule has 0 bridgehead atoms. The number of rotatable bonds is 5. The molecule has 0 unspecified atom stereocenters. The van der Waals surface area contributed by atoms with E-state index in [0.717, 1.165) is 29.9 Å². The van der Waals surface area contributed by atoms with Gasteiger partial charge in [0.1, 0.15) is 5.65 Å². The maximum Gasteiger partial charge on any atom is 0.220 e. The molecule has 7 nitrogen and oxygen atoms in total. The van der Waals surface area contributed by atoms with Crippen LogP contribution >= 0.6 is 0 Å². The first-order chi connectivity index (χ1) is 12.2. The fraction of sp³-hybridized carbons (Fsp3) is 0.389. The van der Waals surface area contributed by atoms with Crippen LogP contribution in [0.25, 0.3) is 5.65 Å². The van der Waals surface area contributed by atoms with E-state index in [4.69, 9.17) is 0 Å². The molecule has 0 spiro atoms. The first kappa shape index (κ1) is 15.8. The van der Waals surface area contributed by atoms with Crippen molar-refractivity contribution in [2.75, 3.05) is 0 Å². The van der Waals surface area contributed by atoms with Gasteiger partial charge in [0, 0.05) is 55.4 Å². The molecule has 1 amide bonds. The molecule has 3 aromatic heterocycles. The zero-order valence-electron chi connectivity index (χ0n) is 14.2. The molecular formula is C18H22N6O. The molecule has 4 heterocycles. The van der Waals surface area contributed by atoms with Crippen LogP contribution in [0.15, 0.2) is 43.0 Å². The summed E-state index contributed by atoms with van der Waals surface area (Å²) in [7, 11) is 0. The fourth-order valence-corrected chi connectivity index (χ4v) is 3.43. The Balaban J connectivity index is 1.53. The minimum absolute atomic E-state index is 0.0523. The summed E-state index contributed by atoms with van der Waals surface area (Å²) >= 11 is 0. The quantitative estimate of drug-likeness (QED) is 0.742. The van der Waals surface area contributed by atoms with Crippen molar-refractivity contribution in [1.82, 2.24) is 29.8 Å². The third kappa shape index (κ3) is 3.15. The number of nitrogens with zero attached hydrogens (tertiary/aromatic N) is 4. The molecule has 3 aromatic rings. The number of aromatic nitrogens is 4. The van der Waals surface area contributed by atoms with Crippen LogP contribution in [-0.4, -0.2) is 31.1 Å². The largest absolute Gasteiger partial charge is 0.348 e. The van der Waals surface area contributed by atoms with Gasteiger partial charge >= 0.3 is 0 Å². The van der Waals surface area contributed by atoms with E-state index >= 15 is 0 Å². The predicted molar refractivity (Wildman–Crippen MR) is 93.8 cm³/mol. The van der Waals surface area contributed by atoms with Crippen LogP contribution < -0.4 is 10.6 Å². The number of carbonyl (C=O) groups excluding carboxylic acids is 1. The van der Waals surface area contributed by atoms with E-state index in [1.54, 1.807) is 0 Å². The molecule has 130 valence electrons. The third-order valence-electron chi connectivity index (χ3n) is 4.80. The third-order valence-corrected chi connectivity index (χ3v) is 4.80. The first-order valence-corrected chi connectivity index (χ1v) is 8.70. The second-order valence-electron chi connectivity index (χ2n) is 6.37. The SMILES string of the molecule is CCn1cc([C@@H]2NC(=O)CC[C@H]2NCc2cccc3nccn23)cn1. The van der Waals surface area contributed by atoms with Crippen LogP contribution in [0.1, 0.15) is 37.1 Å². The monoisotopic (exact) mass is 338 g/mol. The topological polar surface area (TPSA) is 76.2 Å². The zero-order valence-corrected chi connectivity index (χ0v) is 14.2. The van der Waals surface area contributed by atoms with Crippen molar-refractivity contribution in [1.29, 1.82) is 0 Å². The lowest BCUT2D eigenvalue weighted by molar-refractivity contribution is -0.123. The van der Waals surface area contributed by atoms with Gasteiger partial charge in [-0.2, -0.15) is 5.10 Å². The maximum absolute atomic E-state index is 11.9. The normalized spacial score (nSPS) is 20.8. The molecule has 0 aromatic carbocycles. The van der Waals surface area contributed by atoms with Gasteiger partial charge in [-0.25, -0.2) is 4.98 Å². The van der Waals surface area contributed by atoms with E-state index < -0.39 is 0 Å². The van der Waals surface area contributed by atoms with Crippen molar-refractivity contribution in [3.05, 3.63) is 54.2 Å². The summed E-state index contributed by atoms with van der Waals surface area (Å²) in [5.74, 6) is 0.101. The Kier molecular flexibility index (Phi) is 4.23. The van der Waals surface area contributed by atoms with Crippen LogP contribution in [0.2, 0.25) is 0 Å². The van der Waals surface area contributed by atoms with Crippen LogP contribution in [0.5, 0.6) is 0 Å². The summed E-state index contributed by atoms with van der Waals surface area (Å²) in [6.45, 7) is 3.59. The Bertz CT molecular complexity index is 882. The standard InChI is InChI=1S/C18H22N6O/c1-2-23-12-13(10-21-23)18-15(6-7-17(25)22-18)20-11-14-4-3-5-16-19-8-9-24(14)16/h3-5,8-10,12,15,18,20H,2,6-7,11H2,1H3,(H,22,25)/t15-,18+/m1/s1. The van der Waals surface area contributed by atoms with Gasteiger partial charge in [0.05, 0.1) is 12.2 Å². The number of fused-ring (bicyclic) bond motifs is 1. The lowest BCUT2D eigenvalue weighted by atomic mass is 9.93. The molecule has 25 heavy (non-hydrogen) atoms. The van der Waals surface area contributed by atoms with E-state index in [-0.39, 0.29) is 18.0 Å². The zero-order chi connectivity index (χ0) is 17.2. The second kappa shape index (κ2) is 6.68. The number of hydrogen-bond acceptors (Lipinski definition) is 4. The summed E-state index contributed by atoms with van der Waals surface area (Å²) in [5.41, 5.74) is 3.14. The highest BCUT2D eigenvalue weighted by molar-refractivity contribution is 5.77. The predicted octanol–water partition coefficient (Wildman–Crippen LogP) is 1.66. The molecule has 1 fully saturated rings. The van der Waals surface area contributed by atoms with Crippen molar-refractivity contribution in [2.45, 2.75) is 44.9 Å². The van der Waals surface area contributed by atoms with E-state index in [9.17, 15) is 4.79 Å². The summed E-state index contributed by atoms with van der Waals surface area (Å²) in [4.78, 5) is 16.2. The first-order valence-electron chi connectivity index (χ1n) is 8.70. The lowest BCUT2D eigenvalue weighted by Gasteiger charge is -2.32. The van der Waals surface area contributed by atoms with E-state index in [2.05, 4.69) is 38.1 Å². The van der Waals surface area contributed by atoms with Crippen LogP contribution in [0.4, 0.5) is 0 Å². The molecule has 4 rings (SSSR count). The average Bonchev–Trinajstić information content (AvgIpc) is 3.29. The van der Waals surface area contributed by atoms with Crippen molar-refractivity contribution < 1.29 is 4.79 Å². The number of amides is 1. The average molecular weight is 338 g/mol. The molecule has 0 saturated carbocycles. The second-order valence-corrected chi connectivity index (χ2v) is 6.37. The van der Waals surface area contributed by atoms with E-state index in [1.165, 1.54) is 0 Å². The van der Waals surface area contributed by atoms with Gasteiger partial charge < -0.3 is 15.0 Å². The van der Waals surface area contributed by atoms with Gasteiger partial charge in [-0.1, -0.05) is 6.07 Å². The number of pyridine rings is 1. The Morgan fingerprint density at radius 1 is 1.40 bits per heavy atom. The van der Waals surface area contributed by atoms with Gasteiger partial charge in [0.25, 0.3) is 0 Å². The summed E-state index contributed by atoms with van der Waals surface area (Å²) in [6.07, 6.45) is 9.00. The van der Waals surface area contributed by atoms with Crippen molar-refractivity contribution in [3.63, 3.8) is 0 Å². The highest BCUT2D eigenvalue weighted by atomic mass is 16.1. The molecule has 1 aliphatic rings. The fourth-order valence-electron chi connectivity index (χ4n) is 3.43. The molecule has 2 atom stereocenters. The number of carbonyl (C=O) groups is 1. The molecule has 1 saturated heterocycles. The molecular weight excluding hydrogens is 316 g/mol. The van der Waals surface area contributed by atoms with Gasteiger partial charge in [0.2, 0.25) is 5.91 Å². The van der Waals surface area contributed by atoms with Gasteiger partial charge in [-0.05, 0) is 25.5 Å². The molecule has 7 heteroatoms. The summed E-state index contributed by atoms with van der Waals surface area (Å²) in [6, 6.07) is 6.22. The minimum atomic E-state index is -0.0523. The summed E-state index contributed by atoms with van der Waals surface area (Å²) < 4.78 is 3.97. The number of hydrogen-bond donors (Lipinski definition) is 2. The van der Waals surface area contributed by atoms with Gasteiger partial charge in [-0.15, -0.1) is 0 Å². The number of piperidine rings is 1. The Labute approximate surface area is 146 Å². The van der Waals surface area contributed by atoms with E-state index in [0.29, 0.717) is 13.0 Å². The minimum Gasteiger partial charge on any atom is -0.348 e.